The molecule has 6 heteroatoms. The van der Waals surface area contributed by atoms with Gasteiger partial charge in [-0.25, -0.2) is 4.79 Å². The summed E-state index contributed by atoms with van der Waals surface area (Å²) < 4.78 is 0. The Balaban J connectivity index is 1.72. The summed E-state index contributed by atoms with van der Waals surface area (Å²) in [6.07, 6.45) is 1.60. The molecule has 2 rings (SSSR count). The summed E-state index contributed by atoms with van der Waals surface area (Å²) in [5, 5.41) is 29.0. The third kappa shape index (κ3) is 5.54. The molecule has 0 saturated heterocycles. The minimum Gasteiger partial charge on any atom is -0.508 e. The van der Waals surface area contributed by atoms with Crippen LogP contribution in [0.15, 0.2) is 41.1 Å². The fourth-order valence-electron chi connectivity index (χ4n) is 2.32. The second kappa shape index (κ2) is 8.17. The van der Waals surface area contributed by atoms with Gasteiger partial charge in [-0.05, 0) is 66.8 Å². The highest BCUT2D eigenvalue weighted by Gasteiger charge is 2.24. The average molecular weight is 348 g/mol. The molecule has 2 amide bonds. The Kier molecular flexibility index (Phi) is 6.23. The van der Waals surface area contributed by atoms with E-state index in [1.807, 2.05) is 35.9 Å². The monoisotopic (exact) mass is 348 g/mol. The second-order valence-electron chi connectivity index (χ2n) is 6.22. The van der Waals surface area contributed by atoms with E-state index in [2.05, 4.69) is 10.6 Å². The Morgan fingerprint density at radius 2 is 2.00 bits per heavy atom. The maximum atomic E-state index is 12.0. The van der Waals surface area contributed by atoms with Gasteiger partial charge >= 0.3 is 6.03 Å². The number of phenols is 1. The minimum absolute atomic E-state index is 0.00454. The van der Waals surface area contributed by atoms with Crippen LogP contribution < -0.4 is 10.6 Å². The number of carbonyl (C=O) groups excluding carboxylic acids is 1. The van der Waals surface area contributed by atoms with Crippen molar-refractivity contribution in [2.45, 2.75) is 38.3 Å². The van der Waals surface area contributed by atoms with E-state index in [1.165, 1.54) is 11.3 Å². The highest BCUT2D eigenvalue weighted by atomic mass is 32.1. The van der Waals surface area contributed by atoms with Gasteiger partial charge in [-0.1, -0.05) is 12.1 Å². The predicted molar refractivity (Wildman–Crippen MR) is 96.3 cm³/mol. The van der Waals surface area contributed by atoms with Crippen LogP contribution in [0, 0.1) is 0 Å². The molecule has 5 nitrogen and oxygen atoms in total. The first-order chi connectivity index (χ1) is 11.4. The van der Waals surface area contributed by atoms with Crippen LogP contribution in [-0.2, 0) is 12.0 Å². The zero-order valence-electron chi connectivity index (χ0n) is 14.0. The molecule has 1 aromatic heterocycles. The Bertz CT molecular complexity index is 639. The Hall–Kier alpha value is -2.05. The van der Waals surface area contributed by atoms with Crippen LogP contribution in [0.4, 0.5) is 4.79 Å². The van der Waals surface area contributed by atoms with E-state index in [9.17, 15) is 15.0 Å². The highest BCUT2D eigenvalue weighted by molar-refractivity contribution is 7.08. The van der Waals surface area contributed by atoms with Gasteiger partial charge in [0.15, 0.2) is 0 Å². The molecule has 130 valence electrons. The first-order valence-electron chi connectivity index (χ1n) is 7.94. The number of nitrogens with one attached hydrogen (secondary N) is 2. The summed E-state index contributed by atoms with van der Waals surface area (Å²) in [6.45, 7) is 3.78. The molecule has 0 aliphatic heterocycles. The van der Waals surface area contributed by atoms with Crippen molar-refractivity contribution in [3.8, 4) is 5.75 Å². The van der Waals surface area contributed by atoms with Crippen molar-refractivity contribution in [3.63, 3.8) is 0 Å². The molecule has 0 spiro atoms. The van der Waals surface area contributed by atoms with Crippen LogP contribution in [0.3, 0.4) is 0 Å². The molecular formula is C18H24N2O3S. The molecule has 0 fully saturated rings. The van der Waals surface area contributed by atoms with Crippen molar-refractivity contribution < 1.29 is 15.0 Å². The van der Waals surface area contributed by atoms with Crippen molar-refractivity contribution >= 4 is 17.4 Å². The van der Waals surface area contributed by atoms with E-state index >= 15 is 0 Å². The lowest BCUT2D eigenvalue weighted by atomic mass is 9.99. The SMILES string of the molecule is CC(CCc1ccc(O)cc1)NC(=O)NCC(C)(O)c1ccsc1. The number of benzene rings is 1. The van der Waals surface area contributed by atoms with E-state index in [0.29, 0.717) is 0 Å². The van der Waals surface area contributed by atoms with Gasteiger partial charge in [-0.15, -0.1) is 0 Å². The molecule has 0 radical (unpaired) electrons. The number of urea groups is 1. The molecule has 0 aliphatic rings. The molecular weight excluding hydrogens is 324 g/mol. The largest absolute Gasteiger partial charge is 0.508 e. The van der Waals surface area contributed by atoms with Gasteiger partial charge in [0.25, 0.3) is 0 Å². The molecule has 2 atom stereocenters. The lowest BCUT2D eigenvalue weighted by Crippen LogP contribution is -2.46. The molecule has 0 bridgehead atoms. The maximum Gasteiger partial charge on any atom is 0.315 e. The van der Waals surface area contributed by atoms with Crippen molar-refractivity contribution in [1.82, 2.24) is 10.6 Å². The number of phenolic OH excluding ortho intramolecular Hbond substituents is 1. The Labute approximate surface area is 146 Å². The minimum atomic E-state index is -1.08. The average Bonchev–Trinajstić information content (AvgIpc) is 3.08. The fourth-order valence-corrected chi connectivity index (χ4v) is 3.10. The van der Waals surface area contributed by atoms with Crippen molar-refractivity contribution in [2.24, 2.45) is 0 Å². The predicted octanol–water partition coefficient (Wildman–Crippen LogP) is 2.98. The quantitative estimate of drug-likeness (QED) is 0.621. The Morgan fingerprint density at radius 3 is 2.62 bits per heavy atom. The number of hydrogen-bond acceptors (Lipinski definition) is 4. The summed E-state index contributed by atoms with van der Waals surface area (Å²) in [6, 6.07) is 8.64. The molecule has 2 unspecified atom stereocenters. The summed E-state index contributed by atoms with van der Waals surface area (Å²) in [5.74, 6) is 0.252. The van der Waals surface area contributed by atoms with Crippen LogP contribution in [0.25, 0.3) is 0 Å². The smallest absolute Gasteiger partial charge is 0.315 e. The summed E-state index contributed by atoms with van der Waals surface area (Å²) in [7, 11) is 0. The van der Waals surface area contributed by atoms with Gasteiger partial charge in [0.05, 0.1) is 6.54 Å². The molecule has 0 aliphatic carbocycles. The van der Waals surface area contributed by atoms with Crippen LogP contribution in [-0.4, -0.2) is 28.8 Å². The van der Waals surface area contributed by atoms with Crippen LogP contribution in [0.1, 0.15) is 31.4 Å². The van der Waals surface area contributed by atoms with Gasteiger partial charge in [0.1, 0.15) is 11.4 Å². The van der Waals surface area contributed by atoms with Crippen LogP contribution >= 0.6 is 11.3 Å². The number of aliphatic hydroxyl groups is 1. The third-order valence-electron chi connectivity index (χ3n) is 3.92. The zero-order chi connectivity index (χ0) is 17.6. The standard InChI is InChI=1S/C18H24N2O3S/c1-13(3-4-14-5-7-16(21)8-6-14)20-17(22)19-12-18(2,23)15-9-10-24-11-15/h5-11,13,21,23H,3-4,12H2,1-2H3,(H2,19,20,22). The lowest BCUT2D eigenvalue weighted by molar-refractivity contribution is 0.0597. The number of amides is 2. The van der Waals surface area contributed by atoms with Crippen molar-refractivity contribution in [2.75, 3.05) is 6.54 Å². The molecule has 1 heterocycles. The van der Waals surface area contributed by atoms with E-state index in [4.69, 9.17) is 0 Å². The number of aryl methyl sites for hydroxylation is 1. The summed E-state index contributed by atoms with van der Waals surface area (Å²) in [5.41, 5.74) is 0.836. The van der Waals surface area contributed by atoms with Gasteiger partial charge < -0.3 is 20.8 Å². The second-order valence-corrected chi connectivity index (χ2v) is 7.00. The maximum absolute atomic E-state index is 12.0. The van der Waals surface area contributed by atoms with E-state index < -0.39 is 5.60 Å². The third-order valence-corrected chi connectivity index (χ3v) is 4.60. The summed E-state index contributed by atoms with van der Waals surface area (Å²) in [4.78, 5) is 12.0. The molecule has 1 aromatic carbocycles. The number of thiophene rings is 1. The highest BCUT2D eigenvalue weighted by Crippen LogP contribution is 2.21. The normalized spacial score (nSPS) is 14.6. The summed E-state index contributed by atoms with van der Waals surface area (Å²) >= 11 is 1.51. The van der Waals surface area contributed by atoms with Crippen LogP contribution in [0.5, 0.6) is 5.75 Å². The number of hydrogen-bond donors (Lipinski definition) is 4. The number of carbonyl (C=O) groups is 1. The molecule has 0 saturated carbocycles. The van der Waals surface area contributed by atoms with Gasteiger partial charge in [0.2, 0.25) is 0 Å². The fraction of sp³-hybridized carbons (Fsp3) is 0.389. The zero-order valence-corrected chi connectivity index (χ0v) is 14.8. The topological polar surface area (TPSA) is 81.6 Å². The first kappa shape index (κ1) is 18.3. The van der Waals surface area contributed by atoms with Gasteiger partial charge in [0, 0.05) is 6.04 Å². The van der Waals surface area contributed by atoms with Crippen molar-refractivity contribution in [1.29, 1.82) is 0 Å². The lowest BCUT2D eigenvalue weighted by Gasteiger charge is -2.23. The molecule has 4 N–H and O–H groups in total. The molecule has 2 aromatic rings. The number of aromatic hydroxyl groups is 1. The van der Waals surface area contributed by atoms with E-state index in [-0.39, 0.29) is 24.4 Å². The van der Waals surface area contributed by atoms with Crippen LogP contribution in [0.2, 0.25) is 0 Å². The number of rotatable bonds is 7. The van der Waals surface area contributed by atoms with Crippen molar-refractivity contribution in [3.05, 3.63) is 52.2 Å². The van der Waals surface area contributed by atoms with E-state index in [0.717, 1.165) is 24.0 Å². The first-order valence-corrected chi connectivity index (χ1v) is 8.88. The van der Waals surface area contributed by atoms with Gasteiger partial charge in [-0.3, -0.25) is 0 Å². The Morgan fingerprint density at radius 1 is 1.29 bits per heavy atom. The van der Waals surface area contributed by atoms with Gasteiger partial charge in [-0.2, -0.15) is 11.3 Å². The molecule has 24 heavy (non-hydrogen) atoms. The van der Waals surface area contributed by atoms with E-state index in [1.54, 1.807) is 19.1 Å².